The van der Waals surface area contributed by atoms with Crippen molar-refractivity contribution in [1.82, 2.24) is 10.2 Å². The molecule has 0 aliphatic carbocycles. The van der Waals surface area contributed by atoms with Crippen LogP contribution in [0.25, 0.3) is 0 Å². The SMILES string of the molecule is CCN(C)C(=O)C(C)NC1CCSCC1. The standard InChI is InChI=1S/C11H22N2OS/c1-4-13(3)11(14)9(2)12-10-5-7-15-8-6-10/h9-10,12H,4-8H2,1-3H3. The van der Waals surface area contributed by atoms with Crippen molar-refractivity contribution in [2.24, 2.45) is 0 Å². The van der Waals surface area contributed by atoms with E-state index in [0.29, 0.717) is 6.04 Å². The number of nitrogens with one attached hydrogen (secondary N) is 1. The Hall–Kier alpha value is -0.220. The highest BCUT2D eigenvalue weighted by Crippen LogP contribution is 2.17. The van der Waals surface area contributed by atoms with E-state index in [1.54, 1.807) is 4.90 Å². The first kappa shape index (κ1) is 12.8. The smallest absolute Gasteiger partial charge is 0.239 e. The summed E-state index contributed by atoms with van der Waals surface area (Å²) in [5, 5.41) is 3.43. The summed E-state index contributed by atoms with van der Waals surface area (Å²) in [6.45, 7) is 4.75. The van der Waals surface area contributed by atoms with Crippen molar-refractivity contribution in [3.63, 3.8) is 0 Å². The van der Waals surface area contributed by atoms with Gasteiger partial charge in [-0.25, -0.2) is 0 Å². The molecule has 88 valence electrons. The molecule has 4 heteroatoms. The molecule has 1 aliphatic rings. The summed E-state index contributed by atoms with van der Waals surface area (Å²) in [6.07, 6.45) is 2.39. The van der Waals surface area contributed by atoms with Crippen LogP contribution < -0.4 is 5.32 Å². The van der Waals surface area contributed by atoms with Crippen LogP contribution in [0.3, 0.4) is 0 Å². The molecule has 1 aliphatic heterocycles. The lowest BCUT2D eigenvalue weighted by Gasteiger charge is -2.28. The van der Waals surface area contributed by atoms with Crippen LogP contribution in [0, 0.1) is 0 Å². The Morgan fingerprint density at radius 3 is 2.67 bits per heavy atom. The van der Waals surface area contributed by atoms with Crippen LogP contribution in [0.4, 0.5) is 0 Å². The van der Waals surface area contributed by atoms with Gasteiger partial charge in [-0.2, -0.15) is 11.8 Å². The van der Waals surface area contributed by atoms with Crippen LogP contribution in [0.5, 0.6) is 0 Å². The maximum atomic E-state index is 11.8. The van der Waals surface area contributed by atoms with Crippen LogP contribution in [0.1, 0.15) is 26.7 Å². The molecular weight excluding hydrogens is 208 g/mol. The molecule has 1 rings (SSSR count). The summed E-state index contributed by atoms with van der Waals surface area (Å²) >= 11 is 2.01. The minimum absolute atomic E-state index is 0.0388. The van der Waals surface area contributed by atoms with Gasteiger partial charge in [0.1, 0.15) is 0 Å². The predicted molar refractivity (Wildman–Crippen MR) is 66.3 cm³/mol. The van der Waals surface area contributed by atoms with E-state index in [0.717, 1.165) is 6.54 Å². The van der Waals surface area contributed by atoms with Crippen LogP contribution in [-0.4, -0.2) is 48.0 Å². The fourth-order valence-corrected chi connectivity index (χ4v) is 2.88. The molecule has 1 fully saturated rings. The topological polar surface area (TPSA) is 32.3 Å². The summed E-state index contributed by atoms with van der Waals surface area (Å²) in [5.41, 5.74) is 0. The van der Waals surface area contributed by atoms with E-state index in [1.165, 1.54) is 24.3 Å². The second kappa shape index (κ2) is 6.38. The van der Waals surface area contributed by atoms with Crippen molar-refractivity contribution in [2.75, 3.05) is 25.1 Å². The van der Waals surface area contributed by atoms with Crippen molar-refractivity contribution in [3.8, 4) is 0 Å². The third-order valence-corrected chi connectivity index (χ3v) is 3.98. The van der Waals surface area contributed by atoms with E-state index in [9.17, 15) is 4.79 Å². The maximum Gasteiger partial charge on any atom is 0.239 e. The number of nitrogens with zero attached hydrogens (tertiary/aromatic N) is 1. The molecule has 1 atom stereocenters. The second-order valence-corrected chi connectivity index (χ2v) is 5.35. The minimum Gasteiger partial charge on any atom is -0.345 e. The molecule has 1 unspecified atom stereocenters. The number of hydrogen-bond donors (Lipinski definition) is 1. The van der Waals surface area contributed by atoms with Gasteiger partial charge < -0.3 is 10.2 Å². The Kier molecular flexibility index (Phi) is 5.47. The number of hydrogen-bond acceptors (Lipinski definition) is 3. The van der Waals surface area contributed by atoms with Gasteiger partial charge in [0, 0.05) is 19.6 Å². The molecule has 1 saturated heterocycles. The average Bonchev–Trinajstić information content (AvgIpc) is 2.28. The number of carbonyl (C=O) groups is 1. The van der Waals surface area contributed by atoms with Gasteiger partial charge in [0.15, 0.2) is 0 Å². The Balaban J connectivity index is 2.33. The highest BCUT2D eigenvalue weighted by molar-refractivity contribution is 7.99. The van der Waals surface area contributed by atoms with Crippen LogP contribution in [0.2, 0.25) is 0 Å². The van der Waals surface area contributed by atoms with Crippen molar-refractivity contribution >= 4 is 17.7 Å². The largest absolute Gasteiger partial charge is 0.345 e. The monoisotopic (exact) mass is 230 g/mol. The van der Waals surface area contributed by atoms with Gasteiger partial charge in [0.05, 0.1) is 6.04 Å². The molecule has 1 N–H and O–H groups in total. The van der Waals surface area contributed by atoms with E-state index in [-0.39, 0.29) is 11.9 Å². The van der Waals surface area contributed by atoms with Gasteiger partial charge in [0.25, 0.3) is 0 Å². The quantitative estimate of drug-likeness (QED) is 0.791. The van der Waals surface area contributed by atoms with Gasteiger partial charge in [-0.15, -0.1) is 0 Å². The number of rotatable bonds is 4. The summed E-state index contributed by atoms with van der Waals surface area (Å²) in [5.74, 6) is 2.65. The molecule has 1 heterocycles. The molecule has 3 nitrogen and oxygen atoms in total. The van der Waals surface area contributed by atoms with Crippen molar-refractivity contribution in [3.05, 3.63) is 0 Å². The Morgan fingerprint density at radius 2 is 2.13 bits per heavy atom. The van der Waals surface area contributed by atoms with E-state index in [4.69, 9.17) is 0 Å². The molecule has 0 saturated carbocycles. The normalized spacial score (nSPS) is 19.9. The maximum absolute atomic E-state index is 11.8. The summed E-state index contributed by atoms with van der Waals surface area (Å²) < 4.78 is 0. The number of carbonyl (C=O) groups excluding carboxylic acids is 1. The lowest BCUT2D eigenvalue weighted by Crippen LogP contribution is -2.48. The summed E-state index contributed by atoms with van der Waals surface area (Å²) in [7, 11) is 1.86. The van der Waals surface area contributed by atoms with E-state index < -0.39 is 0 Å². The second-order valence-electron chi connectivity index (χ2n) is 4.13. The molecule has 0 aromatic heterocycles. The highest BCUT2D eigenvalue weighted by atomic mass is 32.2. The Bertz CT molecular complexity index is 205. The predicted octanol–water partition coefficient (Wildman–Crippen LogP) is 1.34. The third-order valence-electron chi connectivity index (χ3n) is 2.93. The first-order valence-corrected chi connectivity index (χ1v) is 6.89. The first-order chi connectivity index (χ1) is 7.15. The Labute approximate surface area is 97.0 Å². The fourth-order valence-electron chi connectivity index (χ4n) is 1.78. The van der Waals surface area contributed by atoms with E-state index in [2.05, 4.69) is 5.32 Å². The molecule has 1 amide bonds. The van der Waals surface area contributed by atoms with Crippen LogP contribution >= 0.6 is 11.8 Å². The van der Waals surface area contributed by atoms with Gasteiger partial charge in [-0.05, 0) is 38.2 Å². The van der Waals surface area contributed by atoms with E-state index in [1.807, 2.05) is 32.7 Å². The van der Waals surface area contributed by atoms with Crippen LogP contribution in [-0.2, 0) is 4.79 Å². The van der Waals surface area contributed by atoms with Gasteiger partial charge in [-0.1, -0.05) is 0 Å². The molecule has 15 heavy (non-hydrogen) atoms. The molecular formula is C11H22N2OS. The van der Waals surface area contributed by atoms with Gasteiger partial charge in [0.2, 0.25) is 5.91 Å². The molecule has 0 aromatic carbocycles. The Morgan fingerprint density at radius 1 is 1.53 bits per heavy atom. The van der Waals surface area contributed by atoms with E-state index >= 15 is 0 Å². The van der Waals surface area contributed by atoms with Crippen molar-refractivity contribution < 1.29 is 4.79 Å². The number of likely N-dealkylation sites (N-methyl/N-ethyl adjacent to an activating group) is 1. The van der Waals surface area contributed by atoms with Crippen molar-refractivity contribution in [1.29, 1.82) is 0 Å². The van der Waals surface area contributed by atoms with Gasteiger partial charge in [-0.3, -0.25) is 4.79 Å². The lowest BCUT2D eigenvalue weighted by atomic mass is 10.1. The van der Waals surface area contributed by atoms with Crippen molar-refractivity contribution in [2.45, 2.75) is 38.8 Å². The first-order valence-electron chi connectivity index (χ1n) is 5.74. The lowest BCUT2D eigenvalue weighted by molar-refractivity contribution is -0.131. The third kappa shape index (κ3) is 4.03. The number of amides is 1. The fraction of sp³-hybridized carbons (Fsp3) is 0.909. The zero-order chi connectivity index (χ0) is 11.3. The molecule has 0 bridgehead atoms. The minimum atomic E-state index is -0.0388. The van der Waals surface area contributed by atoms with Crippen LogP contribution in [0.15, 0.2) is 0 Å². The molecule has 0 radical (unpaired) electrons. The molecule has 0 aromatic rings. The summed E-state index contributed by atoms with van der Waals surface area (Å²) in [4.78, 5) is 13.6. The highest BCUT2D eigenvalue weighted by Gasteiger charge is 2.21. The zero-order valence-corrected chi connectivity index (χ0v) is 10.8. The zero-order valence-electron chi connectivity index (χ0n) is 9.95. The molecule has 0 spiro atoms. The number of thioether (sulfide) groups is 1. The average molecular weight is 230 g/mol. The summed E-state index contributed by atoms with van der Waals surface area (Å²) in [6, 6.07) is 0.499. The van der Waals surface area contributed by atoms with Gasteiger partial charge >= 0.3 is 0 Å².